The molecule has 2 heterocycles. The number of morpholine rings is 1. The molecule has 1 aliphatic carbocycles. The molecule has 0 bridgehead atoms. The lowest BCUT2D eigenvalue weighted by molar-refractivity contribution is -0.154. The molecule has 5 nitrogen and oxygen atoms in total. The summed E-state index contributed by atoms with van der Waals surface area (Å²) in [7, 11) is 0. The zero-order valence-corrected chi connectivity index (χ0v) is 27.5. The van der Waals surface area contributed by atoms with Gasteiger partial charge in [-0.1, -0.05) is 77.9 Å². The fourth-order valence-corrected chi connectivity index (χ4v) is 7.14. The second-order valence-corrected chi connectivity index (χ2v) is 12.7. The van der Waals surface area contributed by atoms with Crippen LogP contribution in [0.1, 0.15) is 60.8 Å². The third kappa shape index (κ3) is 8.75. The topological polar surface area (TPSA) is 36.0 Å². The first-order valence-electron chi connectivity index (χ1n) is 14.7. The highest BCUT2D eigenvalue weighted by Crippen LogP contribution is 2.37. The number of carbonyl (C=O) groups excluding carboxylic acids is 1. The van der Waals surface area contributed by atoms with Crippen molar-refractivity contribution in [2.45, 2.75) is 70.4 Å². The summed E-state index contributed by atoms with van der Waals surface area (Å²) in [6.07, 6.45) is 8.10. The number of carbonyl (C=O) groups is 1. The smallest absolute Gasteiger partial charge is 0.227 e. The van der Waals surface area contributed by atoms with Crippen molar-refractivity contribution in [1.29, 1.82) is 0 Å². The van der Waals surface area contributed by atoms with Gasteiger partial charge in [0, 0.05) is 45.3 Å². The minimum absolute atomic E-state index is 0. The first-order chi connectivity index (χ1) is 18.8. The molecule has 3 aliphatic rings. The van der Waals surface area contributed by atoms with Crippen LogP contribution >= 0.6 is 48.0 Å². The van der Waals surface area contributed by atoms with Crippen LogP contribution in [0.3, 0.4) is 0 Å². The summed E-state index contributed by atoms with van der Waals surface area (Å²) in [5.74, 6) is 0.147. The lowest BCUT2D eigenvalue weighted by Gasteiger charge is -2.45. The number of rotatable bonds is 7. The molecule has 0 spiro atoms. The van der Waals surface area contributed by atoms with Gasteiger partial charge in [-0.15, -0.1) is 24.8 Å². The van der Waals surface area contributed by atoms with E-state index in [-0.39, 0.29) is 30.7 Å². The maximum Gasteiger partial charge on any atom is 0.227 e. The van der Waals surface area contributed by atoms with E-state index in [4.69, 9.17) is 27.9 Å². The van der Waals surface area contributed by atoms with Crippen molar-refractivity contribution in [2.24, 2.45) is 0 Å². The fraction of sp³-hybridized carbons (Fsp3) is 0.594. The van der Waals surface area contributed by atoms with Crippen molar-refractivity contribution in [3.8, 4) is 0 Å². The van der Waals surface area contributed by atoms with E-state index in [0.29, 0.717) is 36.2 Å². The van der Waals surface area contributed by atoms with Crippen LogP contribution in [0.5, 0.6) is 0 Å². The van der Waals surface area contributed by atoms with Gasteiger partial charge in [0.2, 0.25) is 5.91 Å². The van der Waals surface area contributed by atoms with Gasteiger partial charge in [-0.2, -0.15) is 0 Å². The molecule has 2 aromatic carbocycles. The molecule has 9 heteroatoms. The van der Waals surface area contributed by atoms with Crippen LogP contribution in [-0.2, 0) is 21.6 Å². The molecule has 5 rings (SSSR count). The monoisotopic (exact) mass is 643 g/mol. The molecule has 2 aliphatic heterocycles. The van der Waals surface area contributed by atoms with Crippen LogP contribution in [0.4, 0.5) is 0 Å². The van der Waals surface area contributed by atoms with E-state index in [1.165, 1.54) is 43.2 Å². The summed E-state index contributed by atoms with van der Waals surface area (Å²) in [5.41, 5.74) is 3.84. The molecular weight excluding hydrogens is 600 g/mol. The van der Waals surface area contributed by atoms with Crippen molar-refractivity contribution in [3.05, 3.63) is 68.7 Å². The Morgan fingerprint density at radius 3 is 2.24 bits per heavy atom. The zero-order chi connectivity index (χ0) is 27.4. The van der Waals surface area contributed by atoms with E-state index < -0.39 is 5.60 Å². The van der Waals surface area contributed by atoms with E-state index in [2.05, 4.69) is 41.8 Å². The van der Waals surface area contributed by atoms with Gasteiger partial charge < -0.3 is 14.5 Å². The minimum atomic E-state index is -0.606. The highest BCUT2D eigenvalue weighted by Gasteiger charge is 2.40. The highest BCUT2D eigenvalue weighted by molar-refractivity contribution is 6.42. The second-order valence-electron chi connectivity index (χ2n) is 11.9. The van der Waals surface area contributed by atoms with Crippen LogP contribution < -0.4 is 0 Å². The Hall–Kier alpha value is -1.05. The van der Waals surface area contributed by atoms with Gasteiger partial charge in [-0.25, -0.2) is 0 Å². The predicted octanol–water partition coefficient (Wildman–Crippen LogP) is 7.09. The van der Waals surface area contributed by atoms with Gasteiger partial charge in [0.1, 0.15) is 5.60 Å². The number of nitrogens with zero attached hydrogens (tertiary/aromatic N) is 3. The Bertz CT molecular complexity index is 1130. The van der Waals surface area contributed by atoms with Crippen molar-refractivity contribution in [1.82, 2.24) is 14.7 Å². The quantitative estimate of drug-likeness (QED) is 0.322. The van der Waals surface area contributed by atoms with E-state index in [1.54, 1.807) is 0 Å². The Morgan fingerprint density at radius 1 is 0.902 bits per heavy atom. The molecule has 0 aromatic heterocycles. The number of amides is 1. The van der Waals surface area contributed by atoms with Crippen molar-refractivity contribution in [3.63, 3.8) is 0 Å². The number of aryl methyl sites for hydroxylation is 2. The molecule has 1 unspecified atom stereocenters. The lowest BCUT2D eigenvalue weighted by Crippen LogP contribution is -2.55. The molecule has 1 atom stereocenters. The average Bonchev–Trinajstić information content (AvgIpc) is 2.94. The third-order valence-electron chi connectivity index (χ3n) is 8.95. The summed E-state index contributed by atoms with van der Waals surface area (Å²) < 4.78 is 6.59. The van der Waals surface area contributed by atoms with Gasteiger partial charge in [-0.05, 0) is 56.4 Å². The maximum atomic E-state index is 13.5. The second kappa shape index (κ2) is 15.6. The zero-order valence-electron chi connectivity index (χ0n) is 24.4. The summed E-state index contributed by atoms with van der Waals surface area (Å²) >= 11 is 12.8. The summed E-state index contributed by atoms with van der Waals surface area (Å²) in [4.78, 5) is 20.8. The fourth-order valence-electron chi connectivity index (χ4n) is 6.84. The molecular formula is C32H45Cl4N3O2. The van der Waals surface area contributed by atoms with Gasteiger partial charge >= 0.3 is 0 Å². The molecule has 41 heavy (non-hydrogen) atoms. The molecule has 0 N–H and O–H groups in total. The highest BCUT2D eigenvalue weighted by atomic mass is 35.5. The average molecular weight is 646 g/mol. The van der Waals surface area contributed by atoms with E-state index in [1.807, 2.05) is 23.1 Å². The van der Waals surface area contributed by atoms with E-state index >= 15 is 0 Å². The Balaban J connectivity index is 0.00000231. The number of ether oxygens (including phenoxy) is 1. The predicted molar refractivity (Wildman–Crippen MR) is 174 cm³/mol. The van der Waals surface area contributed by atoms with E-state index in [0.717, 1.165) is 56.3 Å². The lowest BCUT2D eigenvalue weighted by atomic mass is 9.87. The van der Waals surface area contributed by atoms with Gasteiger partial charge in [0.05, 0.1) is 29.6 Å². The Labute approximate surface area is 268 Å². The SMILES string of the molecule is Cc1cc(C)cc(CC(=O)N2CCOC(CCN3CCN(C4CCCCC4)CC3)(c3ccc(Cl)c(Cl)c3)C2)c1.Cl.Cl. The first kappa shape index (κ1) is 34.4. The number of benzene rings is 2. The van der Waals surface area contributed by atoms with Crippen LogP contribution in [0.2, 0.25) is 10.0 Å². The molecule has 228 valence electrons. The molecule has 1 saturated carbocycles. The van der Waals surface area contributed by atoms with Crippen LogP contribution in [0.25, 0.3) is 0 Å². The number of halogens is 4. The van der Waals surface area contributed by atoms with Crippen LogP contribution in [-0.4, -0.2) is 79.1 Å². The largest absolute Gasteiger partial charge is 0.367 e. The molecule has 1 amide bonds. The molecule has 0 radical (unpaired) electrons. The van der Waals surface area contributed by atoms with Crippen LogP contribution in [0.15, 0.2) is 36.4 Å². The third-order valence-corrected chi connectivity index (χ3v) is 9.69. The molecule has 2 aromatic rings. The van der Waals surface area contributed by atoms with Crippen LogP contribution in [0, 0.1) is 13.8 Å². The minimum Gasteiger partial charge on any atom is -0.367 e. The van der Waals surface area contributed by atoms with E-state index in [9.17, 15) is 4.79 Å². The maximum absolute atomic E-state index is 13.5. The number of piperazine rings is 1. The summed E-state index contributed by atoms with van der Waals surface area (Å²) in [6.45, 7) is 11.2. The van der Waals surface area contributed by atoms with Gasteiger partial charge in [-0.3, -0.25) is 9.69 Å². The number of hydrogen-bond donors (Lipinski definition) is 0. The number of hydrogen-bond acceptors (Lipinski definition) is 4. The molecule has 2 saturated heterocycles. The van der Waals surface area contributed by atoms with Crippen molar-refractivity contribution in [2.75, 3.05) is 52.4 Å². The normalized spacial score (nSPS) is 22.6. The standard InChI is InChI=1S/C32H43Cl2N3O2.2ClH/c1-24-18-25(2)20-26(19-24)21-31(38)37-16-17-39-32(23-37,27-8-9-29(33)30(34)22-27)10-11-35-12-14-36(15-13-35)28-6-4-3-5-7-28;;/h8-9,18-20,22,28H,3-7,10-17,21,23H2,1-2H3;2*1H. The summed E-state index contributed by atoms with van der Waals surface area (Å²) in [5, 5.41) is 1.06. The molecule has 3 fully saturated rings. The van der Waals surface area contributed by atoms with Crippen molar-refractivity contribution < 1.29 is 9.53 Å². The first-order valence-corrected chi connectivity index (χ1v) is 15.5. The summed E-state index contributed by atoms with van der Waals surface area (Å²) in [6, 6.07) is 13.0. The van der Waals surface area contributed by atoms with Gasteiger partial charge in [0.25, 0.3) is 0 Å². The van der Waals surface area contributed by atoms with Crippen molar-refractivity contribution >= 4 is 53.9 Å². The Morgan fingerprint density at radius 2 is 1.59 bits per heavy atom. The Kier molecular flexibility index (Phi) is 13.1. The van der Waals surface area contributed by atoms with Gasteiger partial charge in [0.15, 0.2) is 0 Å².